The maximum Gasteiger partial charge on any atom is 0.346 e. The van der Waals surface area contributed by atoms with Crippen molar-refractivity contribution in [3.63, 3.8) is 0 Å². The first-order valence-electron chi connectivity index (χ1n) is 16.8. The molecule has 12 atom stereocenters. The zero-order valence-corrected chi connectivity index (χ0v) is 27.0. The molecule has 0 spiro atoms. The van der Waals surface area contributed by atoms with E-state index < -0.39 is 66.2 Å². The summed E-state index contributed by atoms with van der Waals surface area (Å²) >= 11 is 0. The van der Waals surface area contributed by atoms with Crippen LogP contribution >= 0.6 is 0 Å². The summed E-state index contributed by atoms with van der Waals surface area (Å²) in [4.78, 5) is 39.3. The lowest BCUT2D eigenvalue weighted by molar-refractivity contribution is -0.200. The van der Waals surface area contributed by atoms with Crippen molar-refractivity contribution in [2.24, 2.45) is 11.8 Å². The number of esters is 3. The normalized spacial score (nSPS) is 40.9. The third kappa shape index (κ3) is 8.94. The average Bonchev–Trinajstić information content (AvgIpc) is 3.44. The Balaban J connectivity index is 1.71. The summed E-state index contributed by atoms with van der Waals surface area (Å²) < 4.78 is 29.7. The molecule has 4 rings (SSSR count). The van der Waals surface area contributed by atoms with Crippen molar-refractivity contribution in [2.45, 2.75) is 159 Å². The summed E-state index contributed by atoms with van der Waals surface area (Å²) in [5.74, 6) is -2.11. The van der Waals surface area contributed by atoms with Gasteiger partial charge in [0.25, 0.3) is 0 Å². The lowest BCUT2D eigenvalue weighted by atomic mass is 9.83. The van der Waals surface area contributed by atoms with Crippen LogP contribution in [0.5, 0.6) is 0 Å². The highest BCUT2D eigenvalue weighted by molar-refractivity contribution is 5.85. The van der Waals surface area contributed by atoms with Gasteiger partial charge in [-0.1, -0.05) is 52.0 Å². The maximum atomic E-state index is 13.6. The SMILES string of the molecule is CCCC(=O)O[C@@H]1C[C@H]2C[C@@H](O)C[C@@H](C[C@@H](C)C=CC=CC[C@H]3O[C@H](C[C@H]3C)[C@H](O)C[C@H]3OC(=O)[C@@]1(O)[C@H]3OC(=O)CCC)O2. The van der Waals surface area contributed by atoms with E-state index >= 15 is 0 Å². The van der Waals surface area contributed by atoms with Gasteiger partial charge in [-0.2, -0.15) is 0 Å². The van der Waals surface area contributed by atoms with E-state index in [-0.39, 0.29) is 56.1 Å². The molecule has 0 amide bonds. The Bertz CT molecular complexity index is 1070. The summed E-state index contributed by atoms with van der Waals surface area (Å²) in [6.45, 7) is 7.71. The predicted octanol–water partition coefficient (Wildman–Crippen LogP) is 3.45. The number of rotatable bonds is 6. The molecular formula is C34H52O11. The Morgan fingerprint density at radius 2 is 1.53 bits per heavy atom. The second-order valence-electron chi connectivity index (χ2n) is 13.4. The van der Waals surface area contributed by atoms with Crippen LogP contribution in [0.25, 0.3) is 0 Å². The Kier molecular flexibility index (Phi) is 12.6. The number of aliphatic hydroxyl groups is 3. The first-order chi connectivity index (χ1) is 21.4. The Morgan fingerprint density at radius 3 is 2.22 bits per heavy atom. The second kappa shape index (κ2) is 16.0. The average molecular weight is 637 g/mol. The third-order valence-electron chi connectivity index (χ3n) is 9.40. The van der Waals surface area contributed by atoms with Gasteiger partial charge in [-0.25, -0.2) is 4.79 Å². The molecule has 0 aliphatic carbocycles. The number of aliphatic hydroxyl groups excluding tert-OH is 2. The highest BCUT2D eigenvalue weighted by Gasteiger charge is 2.65. The minimum atomic E-state index is -2.56. The fourth-order valence-corrected chi connectivity index (χ4v) is 7.01. The zero-order chi connectivity index (χ0) is 32.7. The number of allylic oxidation sites excluding steroid dienone is 3. The number of carbonyl (C=O) groups is 3. The molecule has 45 heavy (non-hydrogen) atoms. The van der Waals surface area contributed by atoms with Crippen molar-refractivity contribution in [2.75, 3.05) is 0 Å². The molecule has 0 aromatic carbocycles. The van der Waals surface area contributed by atoms with Crippen molar-refractivity contribution in [1.29, 1.82) is 0 Å². The summed E-state index contributed by atoms with van der Waals surface area (Å²) in [5, 5.41) is 34.2. The van der Waals surface area contributed by atoms with Crippen molar-refractivity contribution >= 4 is 17.9 Å². The Morgan fingerprint density at radius 1 is 0.867 bits per heavy atom. The van der Waals surface area contributed by atoms with Crippen molar-refractivity contribution in [3.05, 3.63) is 24.3 Å². The number of hydrogen-bond acceptors (Lipinski definition) is 11. The van der Waals surface area contributed by atoms with Crippen LogP contribution in [-0.4, -0.2) is 93.8 Å². The molecule has 11 nitrogen and oxygen atoms in total. The molecule has 3 saturated heterocycles. The minimum Gasteiger partial charge on any atom is -0.458 e. The van der Waals surface area contributed by atoms with Gasteiger partial charge in [-0.3, -0.25) is 9.59 Å². The van der Waals surface area contributed by atoms with Gasteiger partial charge >= 0.3 is 17.9 Å². The first-order valence-corrected chi connectivity index (χ1v) is 16.8. The predicted molar refractivity (Wildman–Crippen MR) is 163 cm³/mol. The number of carbonyl (C=O) groups excluding carboxylic acids is 3. The smallest absolute Gasteiger partial charge is 0.346 e. The summed E-state index contributed by atoms with van der Waals surface area (Å²) in [5.41, 5.74) is -2.56. The van der Waals surface area contributed by atoms with Crippen LogP contribution in [0.2, 0.25) is 0 Å². The van der Waals surface area contributed by atoms with E-state index in [1.165, 1.54) is 0 Å². The van der Waals surface area contributed by atoms with Crippen LogP contribution in [-0.2, 0) is 38.1 Å². The summed E-state index contributed by atoms with van der Waals surface area (Å²) in [7, 11) is 0. The first kappa shape index (κ1) is 35.5. The van der Waals surface area contributed by atoms with Gasteiger partial charge in [0.2, 0.25) is 5.60 Å². The summed E-state index contributed by atoms with van der Waals surface area (Å²) in [6, 6.07) is 0. The van der Waals surface area contributed by atoms with E-state index in [1.807, 2.05) is 18.2 Å². The minimum absolute atomic E-state index is 0.0288. The fraction of sp³-hybridized carbons (Fsp3) is 0.794. The van der Waals surface area contributed by atoms with Crippen LogP contribution in [0.15, 0.2) is 24.3 Å². The van der Waals surface area contributed by atoms with Gasteiger partial charge in [0.15, 0.2) is 6.10 Å². The lowest BCUT2D eigenvalue weighted by Gasteiger charge is -2.39. The van der Waals surface area contributed by atoms with Crippen LogP contribution in [0.4, 0.5) is 0 Å². The molecule has 4 aliphatic rings. The standard InChI is InChI=1S/C34H52O11/c1-5-10-30(37)44-29-18-24-17-22(35)16-23(41-24)14-20(3)12-8-7-9-13-26-21(4)15-27(42-26)25(36)19-28-32(45-31(38)11-6-2)34(29,40)33(39)43-28/h7-9,12,20-29,32,35-36,40H,5-6,10-11,13-19H2,1-4H3/t20-,21+,22-,23+,24+,25+,26+,27+,28+,29+,32-,34-/m0/s1. The fourth-order valence-electron chi connectivity index (χ4n) is 7.01. The van der Waals surface area contributed by atoms with Gasteiger partial charge in [-0.15, -0.1) is 0 Å². The quantitative estimate of drug-likeness (QED) is 0.290. The molecule has 4 heterocycles. The molecule has 0 unspecified atom stereocenters. The molecule has 0 aromatic heterocycles. The van der Waals surface area contributed by atoms with Crippen molar-refractivity contribution in [1.82, 2.24) is 0 Å². The molecule has 3 fully saturated rings. The van der Waals surface area contributed by atoms with Crippen molar-refractivity contribution < 1.29 is 53.4 Å². The molecule has 0 saturated carbocycles. The second-order valence-corrected chi connectivity index (χ2v) is 13.4. The van der Waals surface area contributed by atoms with Gasteiger partial charge < -0.3 is 39.0 Å². The van der Waals surface area contributed by atoms with Crippen LogP contribution in [0.3, 0.4) is 0 Å². The topological polar surface area (TPSA) is 158 Å². The van der Waals surface area contributed by atoms with E-state index in [2.05, 4.69) is 19.9 Å². The zero-order valence-electron chi connectivity index (χ0n) is 27.0. The molecule has 0 radical (unpaired) electrons. The van der Waals surface area contributed by atoms with Crippen molar-refractivity contribution in [3.8, 4) is 0 Å². The Hall–Kier alpha value is -2.31. The van der Waals surface area contributed by atoms with Gasteiger partial charge in [0.05, 0.1) is 36.6 Å². The molecule has 6 bridgehead atoms. The number of ether oxygens (including phenoxy) is 5. The lowest BCUT2D eigenvalue weighted by Crippen LogP contribution is -2.59. The van der Waals surface area contributed by atoms with E-state index in [9.17, 15) is 29.7 Å². The van der Waals surface area contributed by atoms with Crippen LogP contribution in [0.1, 0.15) is 98.3 Å². The Labute approximate surface area is 266 Å². The monoisotopic (exact) mass is 636 g/mol. The molecule has 3 N–H and O–H groups in total. The van der Waals surface area contributed by atoms with Crippen LogP contribution in [0, 0.1) is 11.8 Å². The molecule has 4 aliphatic heterocycles. The third-order valence-corrected chi connectivity index (χ3v) is 9.40. The van der Waals surface area contributed by atoms with Crippen LogP contribution < -0.4 is 0 Å². The molecule has 254 valence electrons. The van der Waals surface area contributed by atoms with E-state index in [4.69, 9.17) is 23.7 Å². The molecule has 0 aromatic rings. The van der Waals surface area contributed by atoms with E-state index in [1.54, 1.807) is 13.8 Å². The highest BCUT2D eigenvalue weighted by Crippen LogP contribution is 2.41. The van der Waals surface area contributed by atoms with E-state index in [0.29, 0.717) is 38.5 Å². The summed E-state index contributed by atoms with van der Waals surface area (Å²) in [6.07, 6.45) is 3.60. The van der Waals surface area contributed by atoms with Gasteiger partial charge in [0, 0.05) is 25.7 Å². The van der Waals surface area contributed by atoms with Gasteiger partial charge in [0.1, 0.15) is 12.2 Å². The maximum absolute atomic E-state index is 13.6. The van der Waals surface area contributed by atoms with E-state index in [0.717, 1.165) is 0 Å². The molecule has 11 heteroatoms. The highest BCUT2D eigenvalue weighted by atomic mass is 16.6. The molecular weight excluding hydrogens is 584 g/mol. The largest absolute Gasteiger partial charge is 0.458 e. The number of hydrogen-bond donors (Lipinski definition) is 3. The number of fused-ring (bicyclic) bond motifs is 6. The van der Waals surface area contributed by atoms with Gasteiger partial charge in [-0.05, 0) is 56.8 Å².